The van der Waals surface area contributed by atoms with E-state index in [0.717, 1.165) is 22.8 Å². The predicted molar refractivity (Wildman–Crippen MR) is 203 cm³/mol. The standard InChI is InChI=1S/C43H38N2.CH3.ClH.Pd/c1-31-29-39(41(34-19-9-4-10-20-34)35-21-11-5-12-22-35)43(45-33(3)32(2)44-38-27-17-8-18-28-38)40(30-31)42(36-23-13-6-14-24-36)37-25-15-7-16-26-37;;;/h4-30,41-42H,1-3H3;1H3;1H;/q;-1;;+2/p-1. The second-order valence-corrected chi connectivity index (χ2v) is 11.5. The first-order valence-electron chi connectivity index (χ1n) is 15.7. The Hall–Kier alpha value is -4.39. The van der Waals surface area contributed by atoms with E-state index in [4.69, 9.17) is 9.98 Å². The Bertz CT molecular complexity index is 1720. The minimum atomic E-state index is -0.00355. The van der Waals surface area contributed by atoms with Crippen molar-refractivity contribution in [2.45, 2.75) is 32.6 Å². The van der Waals surface area contributed by atoms with Crippen LogP contribution in [0.15, 0.2) is 174 Å². The Balaban J connectivity index is 0.00000170. The van der Waals surface area contributed by atoms with Gasteiger partial charge < -0.3 is 7.43 Å². The molecule has 6 rings (SSSR count). The van der Waals surface area contributed by atoms with Gasteiger partial charge in [0.15, 0.2) is 0 Å². The molecule has 6 aromatic carbocycles. The van der Waals surface area contributed by atoms with Crippen molar-refractivity contribution < 1.29 is 18.2 Å². The van der Waals surface area contributed by atoms with Crippen LogP contribution in [-0.4, -0.2) is 11.4 Å². The average Bonchev–Trinajstić information content (AvgIpc) is 3.13. The maximum absolute atomic E-state index is 5.53. The number of benzene rings is 6. The van der Waals surface area contributed by atoms with Gasteiger partial charge >= 0.3 is 27.7 Å². The molecule has 0 bridgehead atoms. The van der Waals surface area contributed by atoms with Crippen molar-refractivity contribution in [2.24, 2.45) is 9.98 Å². The van der Waals surface area contributed by atoms with Crippen molar-refractivity contribution in [3.8, 4) is 0 Å². The predicted octanol–water partition coefficient (Wildman–Crippen LogP) is 12.4. The average molecular weight is 740 g/mol. The molecular weight excluding hydrogens is 698 g/mol. The molecule has 2 nitrogen and oxygen atoms in total. The molecule has 6 aromatic rings. The van der Waals surface area contributed by atoms with Gasteiger partial charge in [-0.1, -0.05) is 157 Å². The van der Waals surface area contributed by atoms with Crippen LogP contribution in [0.5, 0.6) is 0 Å². The Morgan fingerprint density at radius 2 is 0.771 bits per heavy atom. The Labute approximate surface area is 301 Å². The normalized spacial score (nSPS) is 11.5. The van der Waals surface area contributed by atoms with Crippen LogP contribution in [0, 0.1) is 14.4 Å². The van der Waals surface area contributed by atoms with Gasteiger partial charge in [0, 0.05) is 11.8 Å². The molecule has 0 amide bonds. The number of hydrogen-bond donors (Lipinski definition) is 0. The topological polar surface area (TPSA) is 24.7 Å². The van der Waals surface area contributed by atoms with Crippen LogP contribution in [0.3, 0.4) is 0 Å². The summed E-state index contributed by atoms with van der Waals surface area (Å²) in [5.41, 5.74) is 12.2. The molecule has 0 N–H and O–H groups in total. The van der Waals surface area contributed by atoms with E-state index >= 15 is 0 Å². The van der Waals surface area contributed by atoms with Crippen LogP contribution in [0.4, 0.5) is 11.4 Å². The Kier molecular flexibility index (Phi) is 13.8. The second kappa shape index (κ2) is 18.2. The van der Waals surface area contributed by atoms with Crippen molar-refractivity contribution >= 4 is 32.3 Å². The number of halogens is 1. The van der Waals surface area contributed by atoms with Crippen LogP contribution in [0.2, 0.25) is 0 Å². The van der Waals surface area contributed by atoms with Crippen molar-refractivity contribution in [1.82, 2.24) is 0 Å². The molecule has 4 heteroatoms. The van der Waals surface area contributed by atoms with E-state index in [2.05, 4.69) is 182 Å². The molecule has 0 aromatic heterocycles. The third kappa shape index (κ3) is 8.94. The van der Waals surface area contributed by atoms with E-state index in [0.29, 0.717) is 0 Å². The van der Waals surface area contributed by atoms with Crippen molar-refractivity contribution in [1.29, 1.82) is 0 Å². The fourth-order valence-electron chi connectivity index (χ4n) is 6.12. The number of aliphatic imine (C=N–C) groups is 2. The summed E-state index contributed by atoms with van der Waals surface area (Å²) in [6, 6.07) is 58.0. The number of aryl methyl sites for hydroxylation is 1. The van der Waals surface area contributed by atoms with Crippen molar-refractivity contribution in [3.63, 3.8) is 0 Å². The molecular formula is C44H41ClN2Pd. The van der Waals surface area contributed by atoms with Gasteiger partial charge in [-0.3, -0.25) is 9.98 Å². The van der Waals surface area contributed by atoms with Gasteiger partial charge in [-0.25, -0.2) is 0 Å². The maximum atomic E-state index is 5.53. The minimum absolute atomic E-state index is 0. The van der Waals surface area contributed by atoms with E-state index in [-0.39, 0.29) is 19.3 Å². The molecule has 0 aliphatic rings. The monoisotopic (exact) mass is 738 g/mol. The first kappa shape index (κ1) is 36.4. The number of para-hydroxylation sites is 1. The van der Waals surface area contributed by atoms with Crippen LogP contribution >= 0.6 is 9.53 Å². The number of nitrogens with zero attached hydrogens (tertiary/aromatic N) is 2. The SMILES string of the molecule is CC(=Nc1ccccc1)C(C)=Nc1c(C(c2ccccc2)c2ccccc2)cc(C)cc1C(c1ccccc1)c1ccccc1.[CH3-].[Cl][Pd+]. The fraction of sp³-hybridized carbons (Fsp3) is 0.114. The van der Waals surface area contributed by atoms with Crippen LogP contribution in [0.25, 0.3) is 0 Å². The summed E-state index contributed by atoms with van der Waals surface area (Å²) < 4.78 is 0. The van der Waals surface area contributed by atoms with Crippen LogP contribution in [0.1, 0.15) is 64.6 Å². The molecule has 0 aliphatic heterocycles. The van der Waals surface area contributed by atoms with E-state index in [1.807, 2.05) is 30.3 Å². The van der Waals surface area contributed by atoms with Crippen LogP contribution in [-0.2, 0) is 18.2 Å². The van der Waals surface area contributed by atoms with E-state index in [1.165, 1.54) is 38.9 Å². The third-order valence-corrected chi connectivity index (χ3v) is 8.32. The quantitative estimate of drug-likeness (QED) is 0.0611. The first-order chi connectivity index (χ1) is 23.1. The summed E-state index contributed by atoms with van der Waals surface area (Å²) in [5.74, 6) is -0.00710. The summed E-state index contributed by atoms with van der Waals surface area (Å²) in [4.78, 5) is 10.5. The Morgan fingerprint density at radius 3 is 1.10 bits per heavy atom. The summed E-state index contributed by atoms with van der Waals surface area (Å²) in [7, 11) is 4.49. The van der Waals surface area contributed by atoms with Crippen molar-refractivity contribution in [2.75, 3.05) is 0 Å². The Morgan fingerprint density at radius 1 is 0.479 bits per heavy atom. The van der Waals surface area contributed by atoms with Gasteiger partial charge in [0.1, 0.15) is 0 Å². The fourth-order valence-corrected chi connectivity index (χ4v) is 6.12. The number of rotatable bonds is 9. The van der Waals surface area contributed by atoms with E-state index in [9.17, 15) is 0 Å². The zero-order chi connectivity index (χ0) is 33.0. The van der Waals surface area contributed by atoms with Gasteiger partial charge in [0.2, 0.25) is 0 Å². The van der Waals surface area contributed by atoms with E-state index in [1.54, 1.807) is 0 Å². The molecule has 0 atom stereocenters. The molecule has 0 unspecified atom stereocenters. The second-order valence-electron chi connectivity index (χ2n) is 11.5. The summed E-state index contributed by atoms with van der Waals surface area (Å²) >= 11 is 2.22. The zero-order valence-corrected chi connectivity index (χ0v) is 30.1. The summed E-state index contributed by atoms with van der Waals surface area (Å²) in [6.07, 6.45) is 0. The van der Waals surface area contributed by atoms with Gasteiger partial charge in [0.05, 0.1) is 22.8 Å². The van der Waals surface area contributed by atoms with Crippen LogP contribution < -0.4 is 0 Å². The molecule has 0 saturated heterocycles. The van der Waals surface area contributed by atoms with Gasteiger partial charge in [-0.15, -0.1) is 0 Å². The molecule has 0 saturated carbocycles. The molecule has 0 radical (unpaired) electrons. The molecule has 0 fully saturated rings. The third-order valence-electron chi connectivity index (χ3n) is 8.32. The number of hydrogen-bond acceptors (Lipinski definition) is 2. The molecule has 0 aliphatic carbocycles. The summed E-state index contributed by atoms with van der Waals surface area (Å²) in [6.45, 7) is 6.34. The van der Waals surface area contributed by atoms with Gasteiger partial charge in [0.25, 0.3) is 0 Å². The molecule has 0 heterocycles. The van der Waals surface area contributed by atoms with E-state index < -0.39 is 0 Å². The molecule has 244 valence electrons. The zero-order valence-electron chi connectivity index (χ0n) is 27.8. The van der Waals surface area contributed by atoms with Gasteiger partial charge in [-0.2, -0.15) is 0 Å². The van der Waals surface area contributed by atoms with Crippen molar-refractivity contribution in [3.05, 3.63) is 210 Å². The first-order valence-corrected chi connectivity index (χ1v) is 17.7. The molecule has 48 heavy (non-hydrogen) atoms. The summed E-state index contributed by atoms with van der Waals surface area (Å²) in [5, 5.41) is 0. The molecule has 0 spiro atoms. The van der Waals surface area contributed by atoms with Gasteiger partial charge in [-0.05, 0) is 66.3 Å².